The van der Waals surface area contributed by atoms with Crippen LogP contribution in [-0.4, -0.2) is 58.5 Å². The van der Waals surface area contributed by atoms with Gasteiger partial charge in [0, 0.05) is 0 Å². The van der Waals surface area contributed by atoms with Gasteiger partial charge < -0.3 is 30.5 Å². The van der Waals surface area contributed by atoms with Gasteiger partial charge in [-0.1, -0.05) is 18.2 Å². The lowest BCUT2D eigenvalue weighted by Gasteiger charge is -2.39. The minimum absolute atomic E-state index is 0.310. The van der Waals surface area contributed by atoms with Gasteiger partial charge in [-0.2, -0.15) is 0 Å². The van der Waals surface area contributed by atoms with Crippen LogP contribution in [0.15, 0.2) is 30.3 Å². The Bertz CT molecular complexity index is 451. The number of hydrogen-bond donors (Lipinski definition) is 4. The van der Waals surface area contributed by atoms with Crippen LogP contribution in [0, 0.1) is 0 Å². The molecule has 5 atom stereocenters. The number of benzene rings is 1. The molecule has 7 heteroatoms. The maximum absolute atomic E-state index is 11.9. The summed E-state index contributed by atoms with van der Waals surface area (Å²) in [4.78, 5) is 11.9. The molecule has 1 aromatic rings. The Morgan fingerprint density at radius 3 is 2.50 bits per heavy atom. The molecule has 2 rings (SSSR count). The Labute approximate surface area is 115 Å². The van der Waals surface area contributed by atoms with Crippen LogP contribution < -0.4 is 5.73 Å². The van der Waals surface area contributed by atoms with Crippen molar-refractivity contribution in [3.8, 4) is 0 Å². The molecule has 20 heavy (non-hydrogen) atoms. The van der Waals surface area contributed by atoms with Gasteiger partial charge in [-0.15, -0.1) is 0 Å². The molecule has 0 spiro atoms. The molecule has 110 valence electrons. The first-order chi connectivity index (χ1) is 9.54. The van der Waals surface area contributed by atoms with Gasteiger partial charge in [-0.05, 0) is 12.1 Å². The molecule has 5 N–H and O–H groups in total. The largest absolute Gasteiger partial charge is 0.430 e. The van der Waals surface area contributed by atoms with Crippen LogP contribution in [0.25, 0.3) is 0 Å². The maximum atomic E-state index is 11.9. The van der Waals surface area contributed by atoms with Gasteiger partial charge in [0.25, 0.3) is 0 Å². The summed E-state index contributed by atoms with van der Waals surface area (Å²) >= 11 is 0. The molecule has 7 nitrogen and oxygen atoms in total. The van der Waals surface area contributed by atoms with E-state index in [1.165, 1.54) is 0 Å². The average Bonchev–Trinajstić information content (AvgIpc) is 2.48. The lowest BCUT2D eigenvalue weighted by molar-refractivity contribution is -0.248. The summed E-state index contributed by atoms with van der Waals surface area (Å²) in [7, 11) is 0. The van der Waals surface area contributed by atoms with Gasteiger partial charge >= 0.3 is 5.97 Å². The first-order valence-corrected chi connectivity index (χ1v) is 6.18. The number of carbonyl (C=O) groups excluding carboxylic acids is 1. The molecule has 0 aliphatic carbocycles. The third-order valence-corrected chi connectivity index (χ3v) is 3.16. The topological polar surface area (TPSA) is 122 Å². The number of ether oxygens (including phenoxy) is 2. The Morgan fingerprint density at radius 2 is 1.90 bits per heavy atom. The van der Waals surface area contributed by atoms with E-state index < -0.39 is 43.2 Å². The zero-order chi connectivity index (χ0) is 14.7. The maximum Gasteiger partial charge on any atom is 0.340 e. The highest BCUT2D eigenvalue weighted by atomic mass is 16.7. The quantitative estimate of drug-likeness (QED) is 0.504. The molecule has 1 saturated heterocycles. The lowest BCUT2D eigenvalue weighted by atomic mass is 9.98. The molecule has 1 aliphatic rings. The summed E-state index contributed by atoms with van der Waals surface area (Å²) in [6.45, 7) is -0.523. The second kappa shape index (κ2) is 6.29. The molecule has 1 fully saturated rings. The van der Waals surface area contributed by atoms with Crippen LogP contribution in [0.3, 0.4) is 0 Å². The van der Waals surface area contributed by atoms with Crippen molar-refractivity contribution < 1.29 is 29.6 Å². The molecule has 1 aromatic carbocycles. The zero-order valence-electron chi connectivity index (χ0n) is 10.6. The van der Waals surface area contributed by atoms with Crippen LogP contribution in [-0.2, 0) is 9.47 Å². The second-order valence-corrected chi connectivity index (χ2v) is 4.56. The summed E-state index contributed by atoms with van der Waals surface area (Å²) < 4.78 is 10.3. The molecule has 0 aromatic heterocycles. The SMILES string of the molecule is N[C@@H]1C(OC(=O)c2ccccc2)O[C@H](CO)[C@@H](O)[C@@H]1O. The number of nitrogens with two attached hydrogens (primary N) is 1. The van der Waals surface area contributed by atoms with E-state index in [2.05, 4.69) is 0 Å². The monoisotopic (exact) mass is 283 g/mol. The highest BCUT2D eigenvalue weighted by molar-refractivity contribution is 5.89. The summed E-state index contributed by atoms with van der Waals surface area (Å²) in [6, 6.07) is 7.12. The third-order valence-electron chi connectivity index (χ3n) is 3.16. The zero-order valence-corrected chi connectivity index (χ0v) is 10.6. The fourth-order valence-electron chi connectivity index (χ4n) is 1.96. The van der Waals surface area contributed by atoms with E-state index in [1.54, 1.807) is 30.3 Å². The predicted octanol–water partition coefficient (Wildman–Crippen LogP) is -1.39. The fraction of sp³-hybridized carbons (Fsp3) is 0.462. The van der Waals surface area contributed by atoms with Crippen molar-refractivity contribution in [2.75, 3.05) is 6.61 Å². The summed E-state index contributed by atoms with van der Waals surface area (Å²) in [6.07, 6.45) is -4.98. The van der Waals surface area contributed by atoms with Crippen molar-refractivity contribution in [2.24, 2.45) is 5.73 Å². The van der Waals surface area contributed by atoms with Gasteiger partial charge in [0.15, 0.2) is 0 Å². The summed E-state index contributed by atoms with van der Waals surface area (Å²) in [5.41, 5.74) is 5.97. The second-order valence-electron chi connectivity index (χ2n) is 4.56. The van der Waals surface area contributed by atoms with E-state index in [0.29, 0.717) is 5.56 Å². The number of hydrogen-bond acceptors (Lipinski definition) is 7. The van der Waals surface area contributed by atoms with Gasteiger partial charge in [0.05, 0.1) is 18.2 Å². The van der Waals surface area contributed by atoms with E-state index in [1.807, 2.05) is 0 Å². The molecular weight excluding hydrogens is 266 g/mol. The average molecular weight is 283 g/mol. The van der Waals surface area contributed by atoms with Crippen LogP contribution in [0.1, 0.15) is 10.4 Å². The third kappa shape index (κ3) is 2.97. The van der Waals surface area contributed by atoms with Crippen molar-refractivity contribution >= 4 is 5.97 Å². The molecule has 1 aliphatic heterocycles. The Balaban J connectivity index is 2.06. The number of esters is 1. The summed E-state index contributed by atoms with van der Waals surface area (Å²) in [5, 5.41) is 28.4. The smallest absolute Gasteiger partial charge is 0.340 e. The fourth-order valence-corrected chi connectivity index (χ4v) is 1.96. The van der Waals surface area contributed by atoms with E-state index >= 15 is 0 Å². The Morgan fingerprint density at radius 1 is 1.25 bits per heavy atom. The molecule has 1 heterocycles. The summed E-state index contributed by atoms with van der Waals surface area (Å²) in [5.74, 6) is -0.661. The first kappa shape index (κ1) is 14.9. The highest BCUT2D eigenvalue weighted by Crippen LogP contribution is 2.21. The van der Waals surface area contributed by atoms with Crippen LogP contribution in [0.2, 0.25) is 0 Å². The normalized spacial score (nSPS) is 33.7. The van der Waals surface area contributed by atoms with Gasteiger partial charge in [-0.3, -0.25) is 0 Å². The molecular formula is C13H17NO6. The van der Waals surface area contributed by atoms with Crippen LogP contribution in [0.5, 0.6) is 0 Å². The first-order valence-electron chi connectivity index (χ1n) is 6.18. The van der Waals surface area contributed by atoms with Crippen molar-refractivity contribution in [3.05, 3.63) is 35.9 Å². The molecule has 0 amide bonds. The standard InChI is InChI=1S/C13H17NO6/c14-9-11(17)10(16)8(6-15)19-13(9)20-12(18)7-4-2-1-3-5-7/h1-5,8-11,13,15-17H,6,14H2/t8-,9+,10-,11-,13?/m1/s1. The molecule has 0 saturated carbocycles. The highest BCUT2D eigenvalue weighted by Gasteiger charge is 2.44. The number of aliphatic hydroxyl groups excluding tert-OH is 3. The Hall–Kier alpha value is -1.51. The van der Waals surface area contributed by atoms with Gasteiger partial charge in [0.1, 0.15) is 18.3 Å². The van der Waals surface area contributed by atoms with Crippen molar-refractivity contribution in [1.82, 2.24) is 0 Å². The van der Waals surface area contributed by atoms with E-state index in [-0.39, 0.29) is 0 Å². The van der Waals surface area contributed by atoms with Gasteiger partial charge in [0.2, 0.25) is 6.29 Å². The number of aliphatic hydroxyl groups is 3. The van der Waals surface area contributed by atoms with Gasteiger partial charge in [-0.25, -0.2) is 4.79 Å². The van der Waals surface area contributed by atoms with E-state index in [4.69, 9.17) is 20.3 Å². The molecule has 1 unspecified atom stereocenters. The van der Waals surface area contributed by atoms with Crippen molar-refractivity contribution in [1.29, 1.82) is 0 Å². The number of rotatable bonds is 3. The van der Waals surface area contributed by atoms with E-state index in [0.717, 1.165) is 0 Å². The van der Waals surface area contributed by atoms with E-state index in [9.17, 15) is 15.0 Å². The minimum atomic E-state index is -1.35. The Kier molecular flexibility index (Phi) is 4.69. The minimum Gasteiger partial charge on any atom is -0.430 e. The predicted molar refractivity (Wildman–Crippen MR) is 67.6 cm³/mol. The van der Waals surface area contributed by atoms with Crippen LogP contribution >= 0.6 is 0 Å². The number of carbonyl (C=O) groups is 1. The molecule has 0 radical (unpaired) electrons. The van der Waals surface area contributed by atoms with Crippen LogP contribution in [0.4, 0.5) is 0 Å². The molecule has 0 bridgehead atoms. The van der Waals surface area contributed by atoms with Crippen molar-refractivity contribution in [3.63, 3.8) is 0 Å². The lowest BCUT2D eigenvalue weighted by Crippen LogP contribution is -2.62. The van der Waals surface area contributed by atoms with Crippen molar-refractivity contribution in [2.45, 2.75) is 30.6 Å².